The number of rotatable bonds is 4. The van der Waals surface area contributed by atoms with Gasteiger partial charge in [-0.05, 0) is 38.0 Å². The van der Waals surface area contributed by atoms with Crippen molar-refractivity contribution in [2.24, 2.45) is 0 Å². The highest BCUT2D eigenvalue weighted by atomic mass is 79.9. The van der Waals surface area contributed by atoms with Gasteiger partial charge in [-0.2, -0.15) is 0 Å². The Balaban J connectivity index is 2.45. The second kappa shape index (κ2) is 6.25. The summed E-state index contributed by atoms with van der Waals surface area (Å²) in [4.78, 5) is 0.162. The average Bonchev–Trinajstić information content (AvgIpc) is 2.41. The van der Waals surface area contributed by atoms with Crippen LogP contribution in [-0.4, -0.2) is 6.61 Å². The maximum Gasteiger partial charge on any atom is 0.123 e. The normalized spacial score (nSPS) is 12.2. The van der Waals surface area contributed by atoms with Gasteiger partial charge in [0.1, 0.15) is 5.75 Å². The molecule has 0 aliphatic carbocycles. The van der Waals surface area contributed by atoms with Crippen molar-refractivity contribution in [2.75, 3.05) is 6.61 Å². The molecule has 1 unspecified atom stereocenters. The van der Waals surface area contributed by atoms with Crippen molar-refractivity contribution in [1.82, 2.24) is 0 Å². The van der Waals surface area contributed by atoms with E-state index in [1.54, 1.807) is 0 Å². The van der Waals surface area contributed by atoms with Crippen molar-refractivity contribution in [3.63, 3.8) is 0 Å². The fourth-order valence-electron chi connectivity index (χ4n) is 2.19. The first kappa shape index (κ1) is 14.1. The summed E-state index contributed by atoms with van der Waals surface area (Å²) in [6, 6.07) is 14.8. The number of aryl methyl sites for hydroxylation is 2. The summed E-state index contributed by atoms with van der Waals surface area (Å²) in [6.07, 6.45) is 0. The van der Waals surface area contributed by atoms with Gasteiger partial charge in [-0.3, -0.25) is 0 Å². The molecule has 0 aliphatic heterocycles. The van der Waals surface area contributed by atoms with E-state index in [0.717, 1.165) is 5.75 Å². The number of ether oxygens (including phenoxy) is 1. The van der Waals surface area contributed by atoms with E-state index in [0.29, 0.717) is 6.61 Å². The van der Waals surface area contributed by atoms with Gasteiger partial charge in [-0.1, -0.05) is 57.9 Å². The third-order valence-corrected chi connectivity index (χ3v) is 4.19. The second-order valence-corrected chi connectivity index (χ2v) is 5.61. The fraction of sp³-hybridized carbons (Fsp3) is 0.294. The van der Waals surface area contributed by atoms with Crippen LogP contribution in [0.5, 0.6) is 5.75 Å². The zero-order valence-electron chi connectivity index (χ0n) is 11.6. The van der Waals surface area contributed by atoms with Crippen LogP contribution in [0.3, 0.4) is 0 Å². The van der Waals surface area contributed by atoms with Crippen LogP contribution in [0.25, 0.3) is 0 Å². The first-order valence-corrected chi connectivity index (χ1v) is 7.48. The Labute approximate surface area is 123 Å². The van der Waals surface area contributed by atoms with Gasteiger partial charge >= 0.3 is 0 Å². The van der Waals surface area contributed by atoms with Crippen molar-refractivity contribution >= 4 is 15.9 Å². The van der Waals surface area contributed by atoms with Gasteiger partial charge in [0.2, 0.25) is 0 Å². The maximum atomic E-state index is 5.74. The predicted molar refractivity (Wildman–Crippen MR) is 84.3 cm³/mol. The van der Waals surface area contributed by atoms with Gasteiger partial charge in [0.05, 0.1) is 11.4 Å². The molecule has 0 aliphatic rings. The highest BCUT2D eigenvalue weighted by molar-refractivity contribution is 9.09. The predicted octanol–water partition coefficient (Wildman–Crippen LogP) is 5.19. The van der Waals surface area contributed by atoms with Crippen molar-refractivity contribution in [2.45, 2.75) is 25.6 Å². The maximum absolute atomic E-state index is 5.74. The number of alkyl halides is 1. The number of hydrogen-bond donors (Lipinski definition) is 0. The molecule has 0 spiro atoms. The van der Waals surface area contributed by atoms with E-state index in [2.05, 4.69) is 72.2 Å². The van der Waals surface area contributed by atoms with Gasteiger partial charge in [0.15, 0.2) is 0 Å². The number of benzene rings is 2. The summed E-state index contributed by atoms with van der Waals surface area (Å²) in [5.74, 6) is 0.957. The molecular formula is C17H19BrO. The molecule has 0 amide bonds. The van der Waals surface area contributed by atoms with Gasteiger partial charge in [0.25, 0.3) is 0 Å². The van der Waals surface area contributed by atoms with Crippen molar-refractivity contribution in [3.05, 3.63) is 64.7 Å². The summed E-state index contributed by atoms with van der Waals surface area (Å²) >= 11 is 3.82. The average molecular weight is 319 g/mol. The molecule has 2 aromatic rings. The van der Waals surface area contributed by atoms with E-state index in [4.69, 9.17) is 4.74 Å². The third-order valence-electron chi connectivity index (χ3n) is 3.20. The van der Waals surface area contributed by atoms with E-state index in [1.165, 1.54) is 22.3 Å². The van der Waals surface area contributed by atoms with E-state index >= 15 is 0 Å². The van der Waals surface area contributed by atoms with E-state index in [-0.39, 0.29) is 4.83 Å². The molecule has 0 N–H and O–H groups in total. The molecule has 2 aromatic carbocycles. The van der Waals surface area contributed by atoms with Crippen LogP contribution in [0, 0.1) is 13.8 Å². The highest BCUT2D eigenvalue weighted by Crippen LogP contribution is 2.38. The lowest BCUT2D eigenvalue weighted by Gasteiger charge is -2.18. The van der Waals surface area contributed by atoms with Crippen LogP contribution in [0.1, 0.15) is 34.0 Å². The van der Waals surface area contributed by atoms with Crippen molar-refractivity contribution in [1.29, 1.82) is 0 Å². The van der Waals surface area contributed by atoms with Crippen LogP contribution in [-0.2, 0) is 0 Å². The van der Waals surface area contributed by atoms with E-state index in [1.807, 2.05) is 6.92 Å². The Kier molecular flexibility index (Phi) is 4.65. The molecule has 0 bridgehead atoms. The Morgan fingerprint density at radius 2 is 1.79 bits per heavy atom. The first-order chi connectivity index (χ1) is 9.13. The molecule has 2 rings (SSSR count). The highest BCUT2D eigenvalue weighted by Gasteiger charge is 2.17. The number of hydrogen-bond acceptors (Lipinski definition) is 1. The quantitative estimate of drug-likeness (QED) is 0.705. The van der Waals surface area contributed by atoms with Crippen LogP contribution in [0.15, 0.2) is 42.5 Å². The van der Waals surface area contributed by atoms with Crippen LogP contribution in [0.2, 0.25) is 0 Å². The molecule has 0 heterocycles. The van der Waals surface area contributed by atoms with Crippen LogP contribution >= 0.6 is 15.9 Å². The summed E-state index contributed by atoms with van der Waals surface area (Å²) in [6.45, 7) is 6.95. The van der Waals surface area contributed by atoms with Gasteiger partial charge in [-0.15, -0.1) is 0 Å². The molecule has 0 saturated heterocycles. The molecule has 100 valence electrons. The molecule has 0 fully saturated rings. The fourth-order valence-corrected chi connectivity index (χ4v) is 3.06. The van der Waals surface area contributed by atoms with E-state index in [9.17, 15) is 0 Å². The Bertz CT molecular complexity index is 563. The van der Waals surface area contributed by atoms with Gasteiger partial charge < -0.3 is 4.74 Å². The summed E-state index contributed by atoms with van der Waals surface area (Å²) in [5.41, 5.74) is 5.01. The van der Waals surface area contributed by atoms with Gasteiger partial charge in [-0.25, -0.2) is 0 Å². The largest absolute Gasteiger partial charge is 0.494 e. The molecule has 0 saturated carbocycles. The summed E-state index contributed by atoms with van der Waals surface area (Å²) in [7, 11) is 0. The molecule has 1 atom stereocenters. The first-order valence-electron chi connectivity index (χ1n) is 6.56. The Morgan fingerprint density at radius 1 is 1.05 bits per heavy atom. The lowest BCUT2D eigenvalue weighted by atomic mass is 9.98. The van der Waals surface area contributed by atoms with Crippen molar-refractivity contribution in [3.8, 4) is 5.75 Å². The van der Waals surface area contributed by atoms with Crippen LogP contribution < -0.4 is 4.74 Å². The zero-order chi connectivity index (χ0) is 13.8. The van der Waals surface area contributed by atoms with Gasteiger partial charge in [0, 0.05) is 5.56 Å². The Hall–Kier alpha value is -1.28. The standard InChI is InChI=1S/C17H19BrO/c1-4-19-16-10-9-12(2)11-15(16)17(18)14-8-6-5-7-13(14)3/h5-11,17H,4H2,1-3H3. The monoisotopic (exact) mass is 318 g/mol. The zero-order valence-corrected chi connectivity index (χ0v) is 13.2. The van der Waals surface area contributed by atoms with Crippen molar-refractivity contribution < 1.29 is 4.74 Å². The second-order valence-electron chi connectivity index (χ2n) is 4.69. The minimum Gasteiger partial charge on any atom is -0.494 e. The van der Waals surface area contributed by atoms with E-state index < -0.39 is 0 Å². The Morgan fingerprint density at radius 3 is 2.47 bits per heavy atom. The molecule has 19 heavy (non-hydrogen) atoms. The smallest absolute Gasteiger partial charge is 0.123 e. The lowest BCUT2D eigenvalue weighted by Crippen LogP contribution is -2.01. The molecule has 2 heteroatoms. The topological polar surface area (TPSA) is 9.23 Å². The molecule has 0 aromatic heterocycles. The molecule has 0 radical (unpaired) electrons. The van der Waals surface area contributed by atoms with Crippen LogP contribution in [0.4, 0.5) is 0 Å². The molecular weight excluding hydrogens is 300 g/mol. The summed E-state index contributed by atoms with van der Waals surface area (Å²) in [5, 5.41) is 0. The summed E-state index contributed by atoms with van der Waals surface area (Å²) < 4.78 is 5.74. The third kappa shape index (κ3) is 3.19. The number of halogens is 1. The SMILES string of the molecule is CCOc1ccc(C)cc1C(Br)c1ccccc1C. The lowest BCUT2D eigenvalue weighted by molar-refractivity contribution is 0.337. The minimum absolute atomic E-state index is 0.162. The minimum atomic E-state index is 0.162. The molecule has 1 nitrogen and oxygen atoms in total.